The van der Waals surface area contributed by atoms with E-state index in [2.05, 4.69) is 21.6 Å². The number of carbonyl (C=O) groups is 1. The first-order chi connectivity index (χ1) is 8.54. The lowest BCUT2D eigenvalue weighted by molar-refractivity contribution is -0.390. The highest BCUT2D eigenvalue weighted by Gasteiger charge is 2.15. The van der Waals surface area contributed by atoms with Crippen LogP contribution in [0.5, 0.6) is 5.75 Å². The van der Waals surface area contributed by atoms with Crippen molar-refractivity contribution < 1.29 is 19.6 Å². The number of carbonyl (C=O) groups excluding carboxylic acids is 1. The quantitative estimate of drug-likeness (QED) is 0.371. The number of hydrogen-bond donors (Lipinski definition) is 1. The minimum Gasteiger partial charge on any atom is -0.501 e. The summed E-state index contributed by atoms with van der Waals surface area (Å²) in [4.78, 5) is 24.2. The molecule has 0 aliphatic heterocycles. The minimum absolute atomic E-state index is 0.101. The van der Waals surface area contributed by atoms with Gasteiger partial charge in [-0.2, -0.15) is 0 Å². The fourth-order valence-corrected chi connectivity index (χ4v) is 1.06. The highest BCUT2D eigenvalue weighted by molar-refractivity contribution is 5.72. The molecule has 0 saturated heterocycles. The maximum Gasteiger partial charge on any atom is 0.407 e. The van der Waals surface area contributed by atoms with Crippen molar-refractivity contribution in [1.82, 2.24) is 4.98 Å². The molecular weight excluding hydrogens is 240 g/mol. The van der Waals surface area contributed by atoms with Gasteiger partial charge in [-0.1, -0.05) is 5.92 Å². The van der Waals surface area contributed by atoms with E-state index >= 15 is 0 Å². The van der Waals surface area contributed by atoms with Crippen molar-refractivity contribution in [3.05, 3.63) is 27.9 Å². The van der Waals surface area contributed by atoms with Crippen molar-refractivity contribution in [3.8, 4) is 17.6 Å². The molecule has 1 N–H and O–H groups in total. The number of nitrogens with zero attached hydrogens (tertiary/aromatic N) is 2. The van der Waals surface area contributed by atoms with Gasteiger partial charge in [0.1, 0.15) is 6.42 Å². The van der Waals surface area contributed by atoms with E-state index in [1.165, 1.54) is 6.07 Å². The summed E-state index contributed by atoms with van der Waals surface area (Å²) in [5.74, 6) is 3.29. The number of rotatable bonds is 3. The lowest BCUT2D eigenvalue weighted by Gasteiger charge is -1.95. The van der Waals surface area contributed by atoms with Crippen LogP contribution in [0.4, 0.5) is 5.82 Å². The molecule has 0 spiro atoms. The Balaban J connectivity index is 2.80. The van der Waals surface area contributed by atoms with E-state index in [9.17, 15) is 14.9 Å². The summed E-state index contributed by atoms with van der Waals surface area (Å²) in [7, 11) is 0. The zero-order valence-corrected chi connectivity index (χ0v) is 9.54. The lowest BCUT2D eigenvalue weighted by Crippen LogP contribution is -2.01. The molecule has 1 aromatic rings. The van der Waals surface area contributed by atoms with Crippen molar-refractivity contribution in [2.75, 3.05) is 6.61 Å². The zero-order chi connectivity index (χ0) is 13.5. The van der Waals surface area contributed by atoms with Gasteiger partial charge < -0.3 is 20.0 Å². The second kappa shape index (κ2) is 6.20. The molecule has 7 heteroatoms. The molecule has 0 atom stereocenters. The van der Waals surface area contributed by atoms with Gasteiger partial charge in [-0.05, 0) is 28.8 Å². The summed E-state index contributed by atoms with van der Waals surface area (Å²) in [6, 6.07) is 2.44. The van der Waals surface area contributed by atoms with Crippen molar-refractivity contribution in [2.45, 2.75) is 13.3 Å². The van der Waals surface area contributed by atoms with Crippen molar-refractivity contribution in [2.24, 2.45) is 0 Å². The van der Waals surface area contributed by atoms with Crippen molar-refractivity contribution in [1.29, 1.82) is 0 Å². The Kier molecular flexibility index (Phi) is 4.63. The van der Waals surface area contributed by atoms with Gasteiger partial charge in [0, 0.05) is 6.07 Å². The van der Waals surface area contributed by atoms with Crippen LogP contribution in [0.2, 0.25) is 0 Å². The van der Waals surface area contributed by atoms with Gasteiger partial charge in [0.2, 0.25) is 11.4 Å². The molecule has 0 saturated carbocycles. The Morgan fingerprint density at radius 2 is 2.33 bits per heavy atom. The maximum atomic E-state index is 11.0. The van der Waals surface area contributed by atoms with E-state index in [0.29, 0.717) is 0 Å². The number of nitro groups is 1. The number of pyridine rings is 1. The molecule has 1 rings (SSSR count). The van der Waals surface area contributed by atoms with Gasteiger partial charge in [-0.25, -0.2) is 0 Å². The Labute approximate surface area is 103 Å². The first-order valence-corrected chi connectivity index (χ1v) is 5.03. The molecular formula is C11H10N2O5. The molecule has 1 heterocycles. The second-order valence-corrected chi connectivity index (χ2v) is 3.08. The fourth-order valence-electron chi connectivity index (χ4n) is 1.06. The largest absolute Gasteiger partial charge is 0.501 e. The molecule has 0 aliphatic carbocycles. The third-order valence-electron chi connectivity index (χ3n) is 1.78. The van der Waals surface area contributed by atoms with E-state index in [-0.39, 0.29) is 18.7 Å². The predicted molar refractivity (Wildman–Crippen MR) is 60.7 cm³/mol. The highest BCUT2D eigenvalue weighted by atomic mass is 16.6. The van der Waals surface area contributed by atoms with Crippen LogP contribution < -0.4 is 0 Å². The number of aromatic nitrogens is 1. The molecule has 0 amide bonds. The van der Waals surface area contributed by atoms with Crippen molar-refractivity contribution >= 4 is 11.8 Å². The fraction of sp³-hybridized carbons (Fsp3) is 0.273. The lowest BCUT2D eigenvalue weighted by atomic mass is 10.3. The molecule has 0 radical (unpaired) electrons. The van der Waals surface area contributed by atoms with Crippen molar-refractivity contribution in [3.63, 3.8) is 0 Å². The first-order valence-electron chi connectivity index (χ1n) is 5.03. The molecule has 18 heavy (non-hydrogen) atoms. The van der Waals surface area contributed by atoms with Gasteiger partial charge in [0.05, 0.1) is 6.61 Å². The van der Waals surface area contributed by atoms with Crippen LogP contribution in [-0.2, 0) is 9.53 Å². The van der Waals surface area contributed by atoms with Gasteiger partial charge in [0.15, 0.2) is 0 Å². The molecule has 7 nitrogen and oxygen atoms in total. The van der Waals surface area contributed by atoms with Gasteiger partial charge in [0.25, 0.3) is 0 Å². The predicted octanol–water partition coefficient (Wildman–Crippen LogP) is 1.00. The molecule has 94 valence electrons. The standard InChI is InChI=1S/C11H10N2O5/c1-2-18-10(15)5-3-4-8-6-7-9(14)11(12-8)13(16)17/h6-7,14H,2,5H2,1H3. The van der Waals surface area contributed by atoms with E-state index < -0.39 is 22.5 Å². The first kappa shape index (κ1) is 13.4. The van der Waals surface area contributed by atoms with Crippen LogP contribution in [-0.4, -0.2) is 27.6 Å². The second-order valence-electron chi connectivity index (χ2n) is 3.08. The Hall–Kier alpha value is -2.62. The van der Waals surface area contributed by atoms with Crippen LogP contribution in [0.15, 0.2) is 12.1 Å². The number of hydrogen-bond acceptors (Lipinski definition) is 6. The van der Waals surface area contributed by atoms with E-state index in [0.717, 1.165) is 6.07 Å². The highest BCUT2D eigenvalue weighted by Crippen LogP contribution is 2.21. The third kappa shape index (κ3) is 3.75. The number of aromatic hydroxyl groups is 1. The van der Waals surface area contributed by atoms with Crippen LogP contribution >= 0.6 is 0 Å². The summed E-state index contributed by atoms with van der Waals surface area (Å²) >= 11 is 0. The number of esters is 1. The molecule has 0 aliphatic rings. The zero-order valence-electron chi connectivity index (χ0n) is 9.54. The SMILES string of the molecule is CCOC(=O)CC#Cc1ccc(O)c([N+](=O)[O-])n1. The molecule has 0 aromatic carbocycles. The summed E-state index contributed by atoms with van der Waals surface area (Å²) in [5.41, 5.74) is 0.101. The van der Waals surface area contributed by atoms with Crippen LogP contribution in [0.1, 0.15) is 19.0 Å². The van der Waals surface area contributed by atoms with E-state index in [4.69, 9.17) is 5.11 Å². The third-order valence-corrected chi connectivity index (χ3v) is 1.78. The average molecular weight is 250 g/mol. The van der Waals surface area contributed by atoms with Gasteiger partial charge >= 0.3 is 11.8 Å². The van der Waals surface area contributed by atoms with Crippen LogP contribution in [0.3, 0.4) is 0 Å². The molecule has 0 bridgehead atoms. The molecule has 1 aromatic heterocycles. The van der Waals surface area contributed by atoms with Crippen LogP contribution in [0.25, 0.3) is 0 Å². The summed E-state index contributed by atoms with van der Waals surface area (Å²) in [6.07, 6.45) is -0.121. The Bertz CT molecular complexity index is 530. The number of ether oxygens (including phenoxy) is 1. The molecule has 0 unspecified atom stereocenters. The van der Waals surface area contributed by atoms with E-state index in [1.54, 1.807) is 6.92 Å². The van der Waals surface area contributed by atoms with E-state index in [1.807, 2.05) is 0 Å². The minimum atomic E-state index is -0.814. The Morgan fingerprint density at radius 3 is 2.94 bits per heavy atom. The Morgan fingerprint density at radius 1 is 1.61 bits per heavy atom. The smallest absolute Gasteiger partial charge is 0.407 e. The summed E-state index contributed by atoms with van der Waals surface area (Å²) in [5, 5.41) is 19.7. The monoisotopic (exact) mass is 250 g/mol. The molecule has 0 fully saturated rings. The van der Waals surface area contributed by atoms with Gasteiger partial charge in [-0.15, -0.1) is 0 Å². The average Bonchev–Trinajstić information content (AvgIpc) is 2.31. The normalized spacial score (nSPS) is 9.17. The van der Waals surface area contributed by atoms with Crippen LogP contribution in [0, 0.1) is 22.0 Å². The maximum absolute atomic E-state index is 11.0. The topological polar surface area (TPSA) is 103 Å². The summed E-state index contributed by atoms with van der Waals surface area (Å²) in [6.45, 7) is 1.94. The summed E-state index contributed by atoms with van der Waals surface area (Å²) < 4.78 is 4.65. The van der Waals surface area contributed by atoms with Gasteiger partial charge in [-0.3, -0.25) is 4.79 Å².